The molecule has 1 aliphatic rings. The summed E-state index contributed by atoms with van der Waals surface area (Å²) >= 11 is 0. The monoisotopic (exact) mass is 255 g/mol. The van der Waals surface area contributed by atoms with Gasteiger partial charge >= 0.3 is 0 Å². The SMILES string of the molecule is CCCCC(CC)CC(CC1CCCCO1)NC. The molecule has 1 saturated heterocycles. The van der Waals surface area contributed by atoms with E-state index < -0.39 is 0 Å². The van der Waals surface area contributed by atoms with Crippen LogP contribution in [0.2, 0.25) is 0 Å². The Bertz CT molecular complexity index is 190. The van der Waals surface area contributed by atoms with E-state index in [1.54, 1.807) is 0 Å². The van der Waals surface area contributed by atoms with Gasteiger partial charge in [-0.25, -0.2) is 0 Å². The van der Waals surface area contributed by atoms with Crippen molar-refractivity contribution in [2.45, 2.75) is 83.8 Å². The predicted molar refractivity (Wildman–Crippen MR) is 79.0 cm³/mol. The lowest BCUT2D eigenvalue weighted by Gasteiger charge is -2.29. The Kier molecular flexibility index (Phi) is 8.70. The van der Waals surface area contributed by atoms with Gasteiger partial charge in [0.15, 0.2) is 0 Å². The van der Waals surface area contributed by atoms with E-state index in [9.17, 15) is 0 Å². The minimum Gasteiger partial charge on any atom is -0.378 e. The average Bonchev–Trinajstić information content (AvgIpc) is 2.43. The van der Waals surface area contributed by atoms with E-state index in [2.05, 4.69) is 26.2 Å². The normalized spacial score (nSPS) is 23.8. The molecule has 0 spiro atoms. The molecule has 0 aromatic heterocycles. The zero-order chi connectivity index (χ0) is 13.2. The van der Waals surface area contributed by atoms with Crippen molar-refractivity contribution < 1.29 is 4.74 Å². The van der Waals surface area contributed by atoms with Gasteiger partial charge < -0.3 is 10.1 Å². The van der Waals surface area contributed by atoms with E-state index in [1.807, 2.05) is 0 Å². The maximum atomic E-state index is 5.87. The second-order valence-corrected chi connectivity index (χ2v) is 5.86. The molecule has 3 atom stereocenters. The van der Waals surface area contributed by atoms with Gasteiger partial charge in [-0.1, -0.05) is 39.5 Å². The molecule has 1 fully saturated rings. The molecule has 108 valence electrons. The second kappa shape index (κ2) is 9.80. The minimum absolute atomic E-state index is 0.514. The summed E-state index contributed by atoms with van der Waals surface area (Å²) in [6, 6.07) is 0.648. The van der Waals surface area contributed by atoms with Crippen molar-refractivity contribution in [2.24, 2.45) is 5.92 Å². The summed E-state index contributed by atoms with van der Waals surface area (Å²) in [5.74, 6) is 0.894. The molecule has 0 bridgehead atoms. The fraction of sp³-hybridized carbons (Fsp3) is 1.00. The van der Waals surface area contributed by atoms with Crippen LogP contribution in [0.5, 0.6) is 0 Å². The van der Waals surface area contributed by atoms with Gasteiger partial charge in [-0.05, 0) is 45.1 Å². The maximum Gasteiger partial charge on any atom is 0.0590 e. The third-order valence-electron chi connectivity index (χ3n) is 4.39. The van der Waals surface area contributed by atoms with E-state index >= 15 is 0 Å². The summed E-state index contributed by atoms with van der Waals surface area (Å²) in [6.45, 7) is 5.61. The highest BCUT2D eigenvalue weighted by Crippen LogP contribution is 2.23. The molecule has 0 aromatic rings. The summed E-state index contributed by atoms with van der Waals surface area (Å²) in [5, 5.41) is 3.51. The van der Waals surface area contributed by atoms with Gasteiger partial charge in [-0.15, -0.1) is 0 Å². The van der Waals surface area contributed by atoms with Crippen molar-refractivity contribution in [3.05, 3.63) is 0 Å². The van der Waals surface area contributed by atoms with Crippen molar-refractivity contribution in [1.82, 2.24) is 5.32 Å². The number of unbranched alkanes of at least 4 members (excludes halogenated alkanes) is 1. The molecule has 1 rings (SSSR count). The van der Waals surface area contributed by atoms with E-state index in [0.29, 0.717) is 12.1 Å². The topological polar surface area (TPSA) is 21.3 Å². The van der Waals surface area contributed by atoms with Crippen LogP contribution in [0, 0.1) is 5.92 Å². The molecule has 1 aliphatic heterocycles. The summed E-state index contributed by atoms with van der Waals surface area (Å²) in [7, 11) is 2.11. The van der Waals surface area contributed by atoms with Crippen molar-refractivity contribution in [3.63, 3.8) is 0 Å². The zero-order valence-electron chi connectivity index (χ0n) is 12.7. The van der Waals surface area contributed by atoms with Gasteiger partial charge in [0.05, 0.1) is 6.10 Å². The summed E-state index contributed by atoms with van der Waals surface area (Å²) in [5.41, 5.74) is 0. The molecule has 0 amide bonds. The Morgan fingerprint density at radius 2 is 2.11 bits per heavy atom. The van der Waals surface area contributed by atoms with Gasteiger partial charge in [0.2, 0.25) is 0 Å². The number of ether oxygens (including phenoxy) is 1. The molecular weight excluding hydrogens is 222 g/mol. The molecule has 0 aliphatic carbocycles. The van der Waals surface area contributed by atoms with Crippen LogP contribution in [0.1, 0.15) is 71.6 Å². The third-order valence-corrected chi connectivity index (χ3v) is 4.39. The van der Waals surface area contributed by atoms with Crippen LogP contribution in [0.4, 0.5) is 0 Å². The average molecular weight is 255 g/mol. The largest absolute Gasteiger partial charge is 0.378 e. The quantitative estimate of drug-likeness (QED) is 0.668. The van der Waals surface area contributed by atoms with Crippen molar-refractivity contribution in [3.8, 4) is 0 Å². The number of hydrogen-bond acceptors (Lipinski definition) is 2. The molecule has 2 nitrogen and oxygen atoms in total. The highest BCUT2D eigenvalue weighted by Gasteiger charge is 2.20. The molecule has 3 unspecified atom stereocenters. The molecule has 1 N–H and O–H groups in total. The highest BCUT2D eigenvalue weighted by molar-refractivity contribution is 4.76. The van der Waals surface area contributed by atoms with Crippen LogP contribution in [0.15, 0.2) is 0 Å². The van der Waals surface area contributed by atoms with Gasteiger partial charge in [-0.3, -0.25) is 0 Å². The first-order valence-corrected chi connectivity index (χ1v) is 8.09. The van der Waals surface area contributed by atoms with Crippen LogP contribution < -0.4 is 5.32 Å². The second-order valence-electron chi connectivity index (χ2n) is 5.86. The predicted octanol–water partition coefficient (Wildman–Crippen LogP) is 4.14. The highest BCUT2D eigenvalue weighted by atomic mass is 16.5. The Morgan fingerprint density at radius 3 is 2.67 bits per heavy atom. The molecular formula is C16H33NO. The van der Waals surface area contributed by atoms with Gasteiger partial charge in [0.1, 0.15) is 0 Å². The van der Waals surface area contributed by atoms with Crippen LogP contribution in [-0.4, -0.2) is 25.8 Å². The molecule has 1 heterocycles. The first-order chi connectivity index (χ1) is 8.80. The molecule has 0 aromatic carbocycles. The van der Waals surface area contributed by atoms with Crippen LogP contribution in [-0.2, 0) is 4.74 Å². The lowest BCUT2D eigenvalue weighted by molar-refractivity contribution is 0.00406. The van der Waals surface area contributed by atoms with Crippen LogP contribution in [0.3, 0.4) is 0 Å². The maximum absolute atomic E-state index is 5.87. The summed E-state index contributed by atoms with van der Waals surface area (Å²) < 4.78 is 5.87. The van der Waals surface area contributed by atoms with E-state index in [4.69, 9.17) is 4.74 Å². The van der Waals surface area contributed by atoms with Gasteiger partial charge in [0, 0.05) is 12.6 Å². The lowest BCUT2D eigenvalue weighted by Crippen LogP contribution is -2.34. The van der Waals surface area contributed by atoms with E-state index in [1.165, 1.54) is 57.8 Å². The molecule has 0 radical (unpaired) electrons. The van der Waals surface area contributed by atoms with Crippen LogP contribution in [0.25, 0.3) is 0 Å². The number of nitrogens with one attached hydrogen (secondary N) is 1. The Balaban J connectivity index is 2.29. The first kappa shape index (κ1) is 16.0. The molecule has 18 heavy (non-hydrogen) atoms. The smallest absolute Gasteiger partial charge is 0.0590 e. The van der Waals surface area contributed by atoms with Crippen molar-refractivity contribution >= 4 is 0 Å². The fourth-order valence-electron chi connectivity index (χ4n) is 3.03. The van der Waals surface area contributed by atoms with Crippen molar-refractivity contribution in [1.29, 1.82) is 0 Å². The Hall–Kier alpha value is -0.0800. The van der Waals surface area contributed by atoms with Gasteiger partial charge in [-0.2, -0.15) is 0 Å². The minimum atomic E-state index is 0.514. The van der Waals surface area contributed by atoms with Crippen LogP contribution >= 0.6 is 0 Å². The number of hydrogen-bond donors (Lipinski definition) is 1. The third kappa shape index (κ3) is 6.19. The molecule has 0 saturated carbocycles. The van der Waals surface area contributed by atoms with E-state index in [0.717, 1.165) is 12.5 Å². The lowest BCUT2D eigenvalue weighted by atomic mass is 9.89. The zero-order valence-corrected chi connectivity index (χ0v) is 12.7. The van der Waals surface area contributed by atoms with Crippen molar-refractivity contribution in [2.75, 3.05) is 13.7 Å². The number of rotatable bonds is 9. The Labute approximate surface area is 114 Å². The van der Waals surface area contributed by atoms with E-state index in [-0.39, 0.29) is 0 Å². The summed E-state index contributed by atoms with van der Waals surface area (Å²) in [6.07, 6.45) is 12.4. The van der Waals surface area contributed by atoms with Gasteiger partial charge in [0.25, 0.3) is 0 Å². The first-order valence-electron chi connectivity index (χ1n) is 8.09. The summed E-state index contributed by atoms with van der Waals surface area (Å²) in [4.78, 5) is 0. The molecule has 2 heteroatoms. The fourth-order valence-corrected chi connectivity index (χ4v) is 3.03. The Morgan fingerprint density at radius 1 is 1.28 bits per heavy atom. The standard InChI is InChI=1S/C16H33NO/c1-4-6-9-14(5-2)12-15(17-3)13-16-10-7-8-11-18-16/h14-17H,4-13H2,1-3H3.